The largest absolute Gasteiger partial charge is 0.385 e. The Labute approximate surface area is 359 Å². The highest BCUT2D eigenvalue weighted by Crippen LogP contribution is 2.46. The van der Waals surface area contributed by atoms with E-state index in [-0.39, 0.29) is 50.8 Å². The first-order valence-corrected chi connectivity index (χ1v) is 25.1. The first-order chi connectivity index (χ1) is 27.4. The van der Waals surface area contributed by atoms with Gasteiger partial charge in [0.1, 0.15) is 31.8 Å². The van der Waals surface area contributed by atoms with Crippen LogP contribution in [0.1, 0.15) is 159 Å². The predicted octanol–water partition coefficient (Wildman–Crippen LogP) is 6.79. The first-order valence-electron chi connectivity index (χ1n) is 21.3. The number of rotatable bonds is 28. The quantitative estimate of drug-likeness (QED) is 0.0871. The molecule has 0 aromatic carbocycles. The summed E-state index contributed by atoms with van der Waals surface area (Å²) in [6.07, 6.45) is 0.828. The van der Waals surface area contributed by atoms with Gasteiger partial charge in [-0.3, -0.25) is 24.1 Å². The monoisotopic (exact) mass is 891 g/mol. The van der Waals surface area contributed by atoms with Crippen molar-refractivity contribution in [3.05, 3.63) is 11.6 Å². The highest BCUT2D eigenvalue weighted by atomic mass is 32.3. The first kappa shape index (κ1) is 53.2. The molecule has 14 nitrogen and oxygen atoms in total. The van der Waals surface area contributed by atoms with Crippen molar-refractivity contribution in [1.82, 2.24) is 13.9 Å². The summed E-state index contributed by atoms with van der Waals surface area (Å²) < 4.78 is 79.0. The number of nitrogens with one attached hydrogen (secondary N) is 1. The van der Waals surface area contributed by atoms with E-state index < -0.39 is 66.4 Å². The van der Waals surface area contributed by atoms with Crippen LogP contribution in [0.2, 0.25) is 0 Å². The molecule has 1 aliphatic heterocycles. The number of hydrogen-bond donors (Lipinski definition) is 1. The lowest BCUT2D eigenvalue weighted by atomic mass is 9.81. The Morgan fingerprint density at radius 1 is 0.881 bits per heavy atom. The minimum absolute atomic E-state index is 0.0598. The fraction of sp³-hybridized carbons (Fsp3) is 0.810. The molecule has 0 radical (unpaired) electrons. The van der Waals surface area contributed by atoms with Crippen LogP contribution in [0.5, 0.6) is 0 Å². The highest BCUT2D eigenvalue weighted by Gasteiger charge is 2.52. The Kier molecular flexibility index (Phi) is 19.3. The number of thiophene rings is 1. The number of ketones is 4. The number of ether oxygens (including phenoxy) is 3. The predicted molar refractivity (Wildman–Crippen MR) is 231 cm³/mol. The van der Waals surface area contributed by atoms with E-state index in [9.17, 15) is 36.0 Å². The zero-order chi connectivity index (χ0) is 45.4. The molecule has 4 atom stereocenters. The Morgan fingerprint density at radius 3 is 1.78 bits per heavy atom. The van der Waals surface area contributed by atoms with Gasteiger partial charge < -0.3 is 14.2 Å². The van der Waals surface area contributed by atoms with Crippen molar-refractivity contribution in [2.45, 2.75) is 197 Å². The average molecular weight is 892 g/mol. The van der Waals surface area contributed by atoms with E-state index in [1.54, 1.807) is 20.8 Å². The lowest BCUT2D eigenvalue weighted by Crippen LogP contribution is -2.61. The van der Waals surface area contributed by atoms with Crippen LogP contribution in [0.4, 0.5) is 0 Å². The van der Waals surface area contributed by atoms with Gasteiger partial charge in [-0.25, -0.2) is 16.8 Å². The van der Waals surface area contributed by atoms with Crippen LogP contribution in [0, 0.1) is 0 Å². The molecule has 59 heavy (non-hydrogen) atoms. The molecule has 1 aromatic rings. The Hall–Kier alpha value is -1.96. The zero-order valence-electron chi connectivity index (χ0n) is 38.1. The molecular formula is C42H73N3O11S3. The fourth-order valence-corrected chi connectivity index (χ4v) is 14.2. The van der Waals surface area contributed by atoms with Gasteiger partial charge in [-0.15, -0.1) is 11.3 Å². The summed E-state index contributed by atoms with van der Waals surface area (Å²) >= 11 is 0.609. The van der Waals surface area contributed by atoms with Gasteiger partial charge in [0.05, 0.1) is 17.1 Å². The summed E-state index contributed by atoms with van der Waals surface area (Å²) in [5.41, 5.74) is -4.97. The molecule has 0 fully saturated rings. The van der Waals surface area contributed by atoms with Gasteiger partial charge >= 0.3 is 0 Å². The highest BCUT2D eigenvalue weighted by molar-refractivity contribution is 7.94. The number of sulfonamides is 2. The van der Waals surface area contributed by atoms with E-state index in [1.165, 1.54) is 45.2 Å². The van der Waals surface area contributed by atoms with Crippen molar-refractivity contribution >= 4 is 54.5 Å². The van der Waals surface area contributed by atoms with Gasteiger partial charge in [-0.1, -0.05) is 61.8 Å². The van der Waals surface area contributed by atoms with Crippen molar-refractivity contribution in [2.75, 3.05) is 33.4 Å². The summed E-state index contributed by atoms with van der Waals surface area (Å²) in [6.45, 7) is 22.9. The Bertz CT molecular complexity index is 1830. The van der Waals surface area contributed by atoms with Gasteiger partial charge in [0.25, 0.3) is 20.0 Å². The molecule has 1 unspecified atom stereocenters. The van der Waals surface area contributed by atoms with Crippen LogP contribution >= 0.6 is 11.3 Å². The molecule has 0 amide bonds. The number of likely N-dealkylation sites (N-methyl/N-ethyl adjacent to an activating group) is 1. The van der Waals surface area contributed by atoms with E-state index in [0.717, 1.165) is 0 Å². The van der Waals surface area contributed by atoms with E-state index in [4.69, 9.17) is 14.2 Å². The summed E-state index contributed by atoms with van der Waals surface area (Å²) in [5, 5.41) is 0. The standard InChI is InChI=1S/C42H73N3O11S3/c1-15-24-39(13,36(48)29(9)55-41(18-4,19-5)31(11)46)43-58(50,51)35-27-33-34(28-44(25-23-26-54-14)59(52,53)38(33)57-35)45(22-8)40(16-2,17-3)37(49)30(10)56-42(20-6,21-7)32(12)47/h27,29-30,34,43H,15-26,28H2,1-14H3/t29-,30-,34-,39?/m0/s1. The van der Waals surface area contributed by atoms with E-state index in [1.807, 2.05) is 46.4 Å². The number of nitrogens with zero attached hydrogens (tertiary/aromatic N) is 2. The van der Waals surface area contributed by atoms with Crippen LogP contribution < -0.4 is 4.72 Å². The van der Waals surface area contributed by atoms with Crippen molar-refractivity contribution in [3.8, 4) is 0 Å². The van der Waals surface area contributed by atoms with Gasteiger partial charge in [0.2, 0.25) is 0 Å². The van der Waals surface area contributed by atoms with Gasteiger partial charge in [0.15, 0.2) is 23.1 Å². The van der Waals surface area contributed by atoms with E-state index in [2.05, 4.69) is 4.72 Å². The maximum atomic E-state index is 14.8. The number of carbonyl (C=O) groups is 4. The van der Waals surface area contributed by atoms with Gasteiger partial charge in [-0.2, -0.15) is 9.03 Å². The van der Waals surface area contributed by atoms with E-state index in [0.29, 0.717) is 75.9 Å². The molecule has 0 saturated carbocycles. The third kappa shape index (κ3) is 10.8. The molecule has 2 rings (SSSR count). The maximum Gasteiger partial charge on any atom is 0.252 e. The van der Waals surface area contributed by atoms with Crippen molar-refractivity contribution in [1.29, 1.82) is 0 Å². The molecule has 2 heterocycles. The normalized spacial score (nSPS) is 18.6. The lowest BCUT2D eigenvalue weighted by molar-refractivity contribution is -0.166. The van der Waals surface area contributed by atoms with Crippen LogP contribution in [0.25, 0.3) is 0 Å². The SMILES string of the molecule is CCCC(C)(NS(=O)(=O)c1cc2c(s1)S(=O)(=O)N(CCCOC)C[C@@H]2N(CC)C(CC)(CC)C(=O)[C@H](C)OC(CC)(CC)C(C)=O)C(=O)[C@H](C)OC(CC)(CC)C(C)=O. The summed E-state index contributed by atoms with van der Waals surface area (Å²) in [6, 6.07) is 0.605. The second kappa shape index (κ2) is 21.4. The summed E-state index contributed by atoms with van der Waals surface area (Å²) in [7, 11) is -7.25. The third-order valence-electron chi connectivity index (χ3n) is 12.7. The molecule has 0 saturated heterocycles. The maximum absolute atomic E-state index is 14.8. The molecule has 1 aromatic heterocycles. The topological polar surface area (TPSA) is 183 Å². The minimum Gasteiger partial charge on any atom is -0.385 e. The second-order valence-electron chi connectivity index (χ2n) is 16.0. The fourth-order valence-electron chi connectivity index (χ4n) is 8.95. The van der Waals surface area contributed by atoms with Gasteiger partial charge in [-0.05, 0) is 98.6 Å². The molecule has 0 spiro atoms. The third-order valence-corrected chi connectivity index (χ3v) is 18.3. The average Bonchev–Trinajstić information content (AvgIpc) is 3.67. The number of methoxy groups -OCH3 is 1. The molecule has 1 N–H and O–H groups in total. The van der Waals surface area contributed by atoms with Crippen LogP contribution in [0.15, 0.2) is 14.5 Å². The molecular weight excluding hydrogens is 819 g/mol. The van der Waals surface area contributed by atoms with Crippen molar-refractivity contribution in [3.63, 3.8) is 0 Å². The number of carbonyl (C=O) groups excluding carboxylic acids is 4. The number of fused-ring (bicyclic) bond motifs is 1. The number of hydrogen-bond acceptors (Lipinski definition) is 13. The van der Waals surface area contributed by atoms with Crippen LogP contribution in [0.3, 0.4) is 0 Å². The minimum atomic E-state index is -4.55. The van der Waals surface area contributed by atoms with Crippen LogP contribution in [-0.4, -0.2) is 117 Å². The molecule has 1 aliphatic rings. The molecule has 17 heteroatoms. The second-order valence-corrected chi connectivity index (χ2v) is 21.1. The lowest BCUT2D eigenvalue weighted by Gasteiger charge is -2.49. The Balaban J connectivity index is 2.82. The summed E-state index contributed by atoms with van der Waals surface area (Å²) in [5.74, 6) is -1.23. The van der Waals surface area contributed by atoms with Gasteiger partial charge in [0, 0.05) is 32.4 Å². The molecule has 340 valence electrons. The molecule has 0 bridgehead atoms. The van der Waals surface area contributed by atoms with Crippen LogP contribution in [-0.2, 0) is 53.4 Å². The van der Waals surface area contributed by atoms with E-state index >= 15 is 0 Å². The Morgan fingerprint density at radius 2 is 1.37 bits per heavy atom. The van der Waals surface area contributed by atoms with Crippen molar-refractivity contribution in [2.24, 2.45) is 0 Å². The summed E-state index contributed by atoms with van der Waals surface area (Å²) in [4.78, 5) is 56.4. The zero-order valence-corrected chi connectivity index (χ0v) is 40.6. The number of Topliss-reactive ketones (excluding diaryl/α,β-unsaturated/α-hetero) is 4. The van der Waals surface area contributed by atoms with Crippen molar-refractivity contribution < 1.29 is 50.2 Å². The molecule has 0 aliphatic carbocycles. The smallest absolute Gasteiger partial charge is 0.252 e.